The predicted molar refractivity (Wildman–Crippen MR) is 119 cm³/mol. The zero-order chi connectivity index (χ0) is 22.7. The van der Waals surface area contributed by atoms with Crippen molar-refractivity contribution in [3.63, 3.8) is 0 Å². The number of carbonyl (C=O) groups is 3. The summed E-state index contributed by atoms with van der Waals surface area (Å²) >= 11 is 12.7. The number of halogens is 2. The van der Waals surface area contributed by atoms with Crippen molar-refractivity contribution in [3.05, 3.63) is 50.8 Å². The molecule has 1 heterocycles. The molecule has 3 amide bonds. The fraction of sp³-hybridized carbons (Fsp3) is 0.150. The lowest BCUT2D eigenvalue weighted by Gasteiger charge is -2.13. The van der Waals surface area contributed by atoms with E-state index in [1.807, 2.05) is 0 Å². The molecule has 0 unspecified atom stereocenters. The topological polar surface area (TPSA) is 105 Å². The third-order valence-corrected chi connectivity index (χ3v) is 5.67. The van der Waals surface area contributed by atoms with Gasteiger partial charge in [0.2, 0.25) is 5.91 Å². The lowest BCUT2D eigenvalue weighted by Crippen LogP contribution is -2.36. The number of nitrogens with zero attached hydrogens (tertiary/aromatic N) is 1. The van der Waals surface area contributed by atoms with Crippen LogP contribution in [-0.4, -0.2) is 47.8 Å². The van der Waals surface area contributed by atoms with Crippen LogP contribution < -0.4 is 14.8 Å². The molecule has 2 aromatic rings. The van der Waals surface area contributed by atoms with Gasteiger partial charge in [0.1, 0.15) is 12.3 Å². The van der Waals surface area contributed by atoms with Gasteiger partial charge in [0.15, 0.2) is 11.5 Å². The average Bonchev–Trinajstić information content (AvgIpc) is 2.98. The van der Waals surface area contributed by atoms with Gasteiger partial charge in [0.05, 0.1) is 29.2 Å². The van der Waals surface area contributed by atoms with E-state index in [-0.39, 0.29) is 21.4 Å². The molecule has 0 aromatic heterocycles. The van der Waals surface area contributed by atoms with E-state index in [0.29, 0.717) is 33.8 Å². The van der Waals surface area contributed by atoms with Crippen molar-refractivity contribution in [1.82, 2.24) is 4.90 Å². The van der Waals surface area contributed by atoms with Crippen molar-refractivity contribution in [2.45, 2.75) is 0 Å². The number of ether oxygens (including phenoxy) is 2. The molecule has 8 nitrogen and oxygen atoms in total. The van der Waals surface area contributed by atoms with Gasteiger partial charge in [0, 0.05) is 5.69 Å². The molecular weight excluding hydrogens is 467 g/mol. The fourth-order valence-electron chi connectivity index (χ4n) is 2.71. The van der Waals surface area contributed by atoms with E-state index in [1.165, 1.54) is 38.5 Å². The maximum atomic E-state index is 12.6. The molecule has 0 radical (unpaired) electrons. The fourth-order valence-corrected chi connectivity index (χ4v) is 4.02. The zero-order valence-corrected chi connectivity index (χ0v) is 18.6. The van der Waals surface area contributed by atoms with Gasteiger partial charge >= 0.3 is 0 Å². The van der Waals surface area contributed by atoms with Crippen LogP contribution in [0, 0.1) is 0 Å². The monoisotopic (exact) mass is 482 g/mol. The maximum absolute atomic E-state index is 12.6. The molecule has 11 heteroatoms. The first-order chi connectivity index (χ1) is 14.7. The second-order valence-corrected chi connectivity index (χ2v) is 8.03. The summed E-state index contributed by atoms with van der Waals surface area (Å²) < 4.78 is 10.1. The number of imide groups is 1. The highest BCUT2D eigenvalue weighted by molar-refractivity contribution is 8.18. The van der Waals surface area contributed by atoms with Crippen LogP contribution in [-0.2, 0) is 9.59 Å². The number of benzene rings is 2. The highest BCUT2D eigenvalue weighted by atomic mass is 35.5. The number of hydrogen-bond acceptors (Lipinski definition) is 7. The largest absolute Gasteiger partial charge is 0.503 e. The average molecular weight is 483 g/mol. The lowest BCUT2D eigenvalue weighted by molar-refractivity contribution is -0.127. The second kappa shape index (κ2) is 9.51. The van der Waals surface area contributed by atoms with Gasteiger partial charge in [0.25, 0.3) is 11.1 Å². The summed E-state index contributed by atoms with van der Waals surface area (Å²) in [7, 11) is 2.83. The van der Waals surface area contributed by atoms with Crippen LogP contribution in [0.4, 0.5) is 10.5 Å². The molecule has 162 valence electrons. The summed E-state index contributed by atoms with van der Waals surface area (Å²) in [5.41, 5.74) is 0.839. The molecule has 1 fully saturated rings. The van der Waals surface area contributed by atoms with E-state index < -0.39 is 23.6 Å². The number of rotatable bonds is 6. The number of anilines is 1. The van der Waals surface area contributed by atoms with Crippen LogP contribution >= 0.6 is 35.0 Å². The van der Waals surface area contributed by atoms with E-state index in [4.69, 9.17) is 32.7 Å². The molecular formula is C20H16Cl2N2O6S. The van der Waals surface area contributed by atoms with Gasteiger partial charge in [-0.3, -0.25) is 19.3 Å². The number of hydrogen-bond donors (Lipinski definition) is 2. The summed E-state index contributed by atoms with van der Waals surface area (Å²) in [4.78, 5) is 38.2. The molecule has 31 heavy (non-hydrogen) atoms. The maximum Gasteiger partial charge on any atom is 0.294 e. The Labute approximate surface area is 191 Å². The molecule has 2 aromatic carbocycles. The van der Waals surface area contributed by atoms with Crippen molar-refractivity contribution < 1.29 is 29.0 Å². The predicted octanol–water partition coefficient (Wildman–Crippen LogP) is 4.39. The van der Waals surface area contributed by atoms with Gasteiger partial charge < -0.3 is 19.9 Å². The van der Waals surface area contributed by atoms with Crippen LogP contribution in [0.25, 0.3) is 6.08 Å². The number of amides is 3. The second-order valence-electron chi connectivity index (χ2n) is 6.22. The van der Waals surface area contributed by atoms with Crippen molar-refractivity contribution in [3.8, 4) is 17.2 Å². The minimum Gasteiger partial charge on any atom is -0.503 e. The first kappa shape index (κ1) is 22.8. The molecule has 0 spiro atoms. The number of thioether (sulfide) groups is 1. The first-order valence-electron chi connectivity index (χ1n) is 8.68. The Kier molecular flexibility index (Phi) is 6.99. The molecule has 0 aliphatic carbocycles. The number of phenols is 1. The smallest absolute Gasteiger partial charge is 0.294 e. The van der Waals surface area contributed by atoms with Gasteiger partial charge in [-0.1, -0.05) is 23.2 Å². The van der Waals surface area contributed by atoms with Crippen molar-refractivity contribution >= 4 is 63.8 Å². The number of methoxy groups -OCH3 is 2. The Bertz CT molecular complexity index is 1110. The molecule has 0 saturated carbocycles. The number of aromatic hydroxyl groups is 1. The third kappa shape index (κ3) is 5.07. The van der Waals surface area contributed by atoms with Gasteiger partial charge in [-0.2, -0.15) is 0 Å². The normalized spacial score (nSPS) is 14.8. The Morgan fingerprint density at radius 1 is 1.13 bits per heavy atom. The number of phenolic OH excluding ortho intramolecular Hbond substituents is 1. The lowest BCUT2D eigenvalue weighted by atomic mass is 10.2. The Morgan fingerprint density at radius 3 is 2.48 bits per heavy atom. The Hall–Kier alpha value is -2.88. The highest BCUT2D eigenvalue weighted by Crippen LogP contribution is 2.38. The van der Waals surface area contributed by atoms with Crippen molar-refractivity contribution in [2.24, 2.45) is 0 Å². The summed E-state index contributed by atoms with van der Waals surface area (Å²) in [6.45, 7) is -0.467. The Balaban J connectivity index is 1.73. The summed E-state index contributed by atoms with van der Waals surface area (Å²) in [6, 6.07) is 7.55. The number of nitrogens with one attached hydrogen (secondary N) is 1. The summed E-state index contributed by atoms with van der Waals surface area (Å²) in [5, 5.41) is 12.1. The highest BCUT2D eigenvalue weighted by Gasteiger charge is 2.36. The van der Waals surface area contributed by atoms with Gasteiger partial charge in [-0.05, 0) is 53.7 Å². The number of carbonyl (C=O) groups excluding carboxylic acids is 3. The minimum absolute atomic E-state index is 0.0300. The molecule has 1 saturated heterocycles. The molecule has 1 aliphatic rings. The molecule has 3 rings (SSSR count). The standard InChI is InChI=1S/C20H16Cl2N2O6S/c1-29-14-4-3-11(8-12(14)21)23-17(25)9-24-19(27)16(31-20(24)28)7-10-5-13(22)18(26)15(6-10)30-2/h3-8,26H,9H2,1-2H3,(H,23,25)/b16-7-. The van der Waals surface area contributed by atoms with E-state index >= 15 is 0 Å². The third-order valence-electron chi connectivity index (χ3n) is 4.18. The van der Waals surface area contributed by atoms with E-state index in [2.05, 4.69) is 5.32 Å². The van der Waals surface area contributed by atoms with Crippen LogP contribution in [0.3, 0.4) is 0 Å². The molecule has 0 atom stereocenters. The SMILES string of the molecule is COc1ccc(NC(=O)CN2C(=O)S/C(=C\c3cc(Cl)c(O)c(OC)c3)C2=O)cc1Cl. The quantitative estimate of drug-likeness (QED) is 0.587. The first-order valence-corrected chi connectivity index (χ1v) is 10.3. The Morgan fingerprint density at radius 2 is 1.84 bits per heavy atom. The van der Waals surface area contributed by atoms with Crippen molar-refractivity contribution in [2.75, 3.05) is 26.1 Å². The molecule has 2 N–H and O–H groups in total. The van der Waals surface area contributed by atoms with Crippen molar-refractivity contribution in [1.29, 1.82) is 0 Å². The van der Waals surface area contributed by atoms with Gasteiger partial charge in [-0.25, -0.2) is 0 Å². The minimum atomic E-state index is -0.624. The van der Waals surface area contributed by atoms with E-state index in [1.54, 1.807) is 12.1 Å². The zero-order valence-electron chi connectivity index (χ0n) is 16.3. The summed E-state index contributed by atoms with van der Waals surface area (Å²) in [6.07, 6.45) is 1.43. The molecule has 1 aliphatic heterocycles. The van der Waals surface area contributed by atoms with E-state index in [0.717, 1.165) is 4.90 Å². The van der Waals surface area contributed by atoms with Gasteiger partial charge in [-0.15, -0.1) is 0 Å². The van der Waals surface area contributed by atoms with Crippen LogP contribution in [0.2, 0.25) is 10.0 Å². The van der Waals surface area contributed by atoms with Crippen LogP contribution in [0.15, 0.2) is 35.2 Å². The van der Waals surface area contributed by atoms with E-state index in [9.17, 15) is 19.5 Å². The van der Waals surface area contributed by atoms with Crippen LogP contribution in [0.5, 0.6) is 17.2 Å². The van der Waals surface area contributed by atoms with Crippen LogP contribution in [0.1, 0.15) is 5.56 Å². The molecule has 0 bridgehead atoms. The summed E-state index contributed by atoms with van der Waals surface area (Å²) in [5.74, 6) is -0.859.